The molecule has 0 bridgehead atoms. The van der Waals surface area contributed by atoms with Gasteiger partial charge in [-0.2, -0.15) is 0 Å². The Bertz CT molecular complexity index is 581. The van der Waals surface area contributed by atoms with Crippen molar-refractivity contribution in [2.45, 2.75) is 20.3 Å². The van der Waals surface area contributed by atoms with E-state index >= 15 is 0 Å². The summed E-state index contributed by atoms with van der Waals surface area (Å²) < 4.78 is 0. The van der Waals surface area contributed by atoms with E-state index in [0.717, 1.165) is 24.3 Å². The Morgan fingerprint density at radius 2 is 2.10 bits per heavy atom. The number of anilines is 2. The maximum absolute atomic E-state index is 12.1. The molecule has 0 aliphatic rings. The van der Waals surface area contributed by atoms with Crippen LogP contribution >= 0.6 is 0 Å². The number of amides is 1. The van der Waals surface area contributed by atoms with Crippen molar-refractivity contribution >= 4 is 17.4 Å². The molecule has 0 spiro atoms. The minimum absolute atomic E-state index is 0.188. The molecule has 2 N–H and O–H groups in total. The smallest absolute Gasteiger partial charge is 0.257 e. The van der Waals surface area contributed by atoms with Crippen LogP contribution in [0.2, 0.25) is 0 Å². The first-order valence-electron chi connectivity index (χ1n) is 6.62. The molecule has 20 heavy (non-hydrogen) atoms. The first-order valence-corrected chi connectivity index (χ1v) is 6.62. The summed E-state index contributed by atoms with van der Waals surface area (Å²) in [6.45, 7) is 4.89. The van der Waals surface area contributed by atoms with Crippen LogP contribution in [0.4, 0.5) is 11.5 Å². The summed E-state index contributed by atoms with van der Waals surface area (Å²) in [4.78, 5) is 20.3. The quantitative estimate of drug-likeness (QED) is 0.876. The van der Waals surface area contributed by atoms with Crippen molar-refractivity contribution in [1.29, 1.82) is 0 Å². The van der Waals surface area contributed by atoms with Crippen molar-refractivity contribution < 1.29 is 4.79 Å². The molecule has 0 atom stereocenters. The van der Waals surface area contributed by atoms with Crippen molar-refractivity contribution in [1.82, 2.24) is 9.97 Å². The first kappa shape index (κ1) is 14.0. The van der Waals surface area contributed by atoms with Crippen LogP contribution in [-0.4, -0.2) is 22.4 Å². The number of carbonyl (C=O) groups is 1. The third-order valence-corrected chi connectivity index (χ3v) is 2.71. The fraction of sp³-hybridized carbons (Fsp3) is 0.267. The molecule has 0 radical (unpaired) electrons. The third-order valence-electron chi connectivity index (χ3n) is 2.71. The molecule has 0 fully saturated rings. The molecule has 0 saturated carbocycles. The number of rotatable bonds is 5. The second-order valence-corrected chi connectivity index (χ2v) is 4.56. The van der Waals surface area contributed by atoms with E-state index in [-0.39, 0.29) is 5.91 Å². The summed E-state index contributed by atoms with van der Waals surface area (Å²) in [5.74, 6) is 0.590. The van der Waals surface area contributed by atoms with Crippen LogP contribution in [-0.2, 0) is 0 Å². The molecule has 0 aliphatic heterocycles. The molecule has 5 heteroatoms. The zero-order valence-electron chi connectivity index (χ0n) is 11.7. The van der Waals surface area contributed by atoms with E-state index in [1.165, 1.54) is 0 Å². The van der Waals surface area contributed by atoms with Gasteiger partial charge in [-0.05, 0) is 37.1 Å². The van der Waals surface area contributed by atoms with Gasteiger partial charge >= 0.3 is 0 Å². The molecule has 0 aromatic carbocycles. The minimum Gasteiger partial charge on any atom is -0.370 e. The summed E-state index contributed by atoms with van der Waals surface area (Å²) in [5.41, 5.74) is 2.21. The van der Waals surface area contributed by atoms with E-state index in [4.69, 9.17) is 0 Å². The number of hydrogen-bond donors (Lipinski definition) is 2. The van der Waals surface area contributed by atoms with Crippen LogP contribution in [0.25, 0.3) is 0 Å². The van der Waals surface area contributed by atoms with E-state index < -0.39 is 0 Å². The molecule has 5 nitrogen and oxygen atoms in total. The number of nitrogens with zero attached hydrogens (tertiary/aromatic N) is 2. The van der Waals surface area contributed by atoms with Gasteiger partial charge in [-0.25, -0.2) is 4.98 Å². The maximum atomic E-state index is 12.1. The van der Waals surface area contributed by atoms with Gasteiger partial charge in [-0.15, -0.1) is 0 Å². The molecule has 0 aliphatic carbocycles. The predicted molar refractivity (Wildman–Crippen MR) is 79.9 cm³/mol. The van der Waals surface area contributed by atoms with Crippen molar-refractivity contribution in [3.05, 3.63) is 47.9 Å². The summed E-state index contributed by atoms with van der Waals surface area (Å²) in [5, 5.41) is 5.96. The Morgan fingerprint density at radius 1 is 1.25 bits per heavy atom. The van der Waals surface area contributed by atoms with Crippen LogP contribution < -0.4 is 10.6 Å². The summed E-state index contributed by atoms with van der Waals surface area (Å²) in [7, 11) is 0. The molecule has 0 unspecified atom stereocenters. The van der Waals surface area contributed by atoms with Crippen molar-refractivity contribution in [3.63, 3.8) is 0 Å². The highest BCUT2D eigenvalue weighted by Crippen LogP contribution is 2.11. The summed E-state index contributed by atoms with van der Waals surface area (Å²) in [6, 6.07) is 5.43. The van der Waals surface area contributed by atoms with E-state index in [1.807, 2.05) is 13.0 Å². The standard InChI is InChI=1S/C15H18N4O/c1-3-6-17-14-5-4-12(9-18-14)15(20)19-13-7-11(2)8-16-10-13/h4-5,7-10H,3,6H2,1-2H3,(H,17,18)(H,19,20). The van der Waals surface area contributed by atoms with Gasteiger partial charge in [0.2, 0.25) is 0 Å². The summed E-state index contributed by atoms with van der Waals surface area (Å²) in [6.07, 6.45) is 5.96. The average Bonchev–Trinajstić information content (AvgIpc) is 2.45. The van der Waals surface area contributed by atoms with Gasteiger partial charge in [0.15, 0.2) is 0 Å². The number of pyridine rings is 2. The third kappa shape index (κ3) is 3.78. The Kier molecular flexibility index (Phi) is 4.65. The van der Waals surface area contributed by atoms with Gasteiger partial charge in [0.1, 0.15) is 5.82 Å². The van der Waals surface area contributed by atoms with Crippen LogP contribution in [0.3, 0.4) is 0 Å². The molecule has 2 rings (SSSR count). The largest absolute Gasteiger partial charge is 0.370 e. The molecular weight excluding hydrogens is 252 g/mol. The second kappa shape index (κ2) is 6.65. The zero-order chi connectivity index (χ0) is 14.4. The number of aromatic nitrogens is 2. The second-order valence-electron chi connectivity index (χ2n) is 4.56. The van der Waals surface area contributed by atoms with Crippen molar-refractivity contribution in [3.8, 4) is 0 Å². The van der Waals surface area contributed by atoms with Gasteiger partial charge in [0.25, 0.3) is 5.91 Å². The van der Waals surface area contributed by atoms with Gasteiger partial charge in [0.05, 0.1) is 17.4 Å². The highest BCUT2D eigenvalue weighted by molar-refractivity contribution is 6.04. The van der Waals surface area contributed by atoms with Crippen molar-refractivity contribution in [2.24, 2.45) is 0 Å². The van der Waals surface area contributed by atoms with Crippen LogP contribution in [0.15, 0.2) is 36.8 Å². The molecule has 2 aromatic heterocycles. The van der Waals surface area contributed by atoms with Crippen molar-refractivity contribution in [2.75, 3.05) is 17.2 Å². The molecule has 2 aromatic rings. The predicted octanol–water partition coefficient (Wildman–Crippen LogP) is 2.86. The van der Waals surface area contributed by atoms with Gasteiger partial charge in [-0.3, -0.25) is 9.78 Å². The number of aryl methyl sites for hydroxylation is 1. The zero-order valence-corrected chi connectivity index (χ0v) is 11.7. The lowest BCUT2D eigenvalue weighted by atomic mass is 10.2. The Hall–Kier alpha value is -2.43. The molecule has 2 heterocycles. The number of carbonyl (C=O) groups excluding carboxylic acids is 1. The molecule has 0 saturated heterocycles. The minimum atomic E-state index is -0.188. The monoisotopic (exact) mass is 270 g/mol. The Morgan fingerprint density at radius 3 is 2.75 bits per heavy atom. The molecular formula is C15H18N4O. The van der Waals surface area contributed by atoms with E-state index in [9.17, 15) is 4.79 Å². The number of hydrogen-bond acceptors (Lipinski definition) is 4. The van der Waals surface area contributed by atoms with Gasteiger partial charge < -0.3 is 10.6 Å². The molecule has 104 valence electrons. The maximum Gasteiger partial charge on any atom is 0.257 e. The van der Waals surface area contributed by atoms with E-state index in [2.05, 4.69) is 27.5 Å². The van der Waals surface area contributed by atoms with Crippen LogP contribution in [0.5, 0.6) is 0 Å². The van der Waals surface area contributed by atoms with Gasteiger partial charge in [0, 0.05) is 18.9 Å². The lowest BCUT2D eigenvalue weighted by Gasteiger charge is -2.07. The first-order chi connectivity index (χ1) is 9.69. The fourth-order valence-corrected chi connectivity index (χ4v) is 1.71. The SMILES string of the molecule is CCCNc1ccc(C(=O)Nc2cncc(C)c2)cn1. The van der Waals surface area contributed by atoms with E-state index in [1.54, 1.807) is 30.7 Å². The van der Waals surface area contributed by atoms with E-state index in [0.29, 0.717) is 11.3 Å². The van der Waals surface area contributed by atoms with Crippen LogP contribution in [0.1, 0.15) is 29.3 Å². The average molecular weight is 270 g/mol. The summed E-state index contributed by atoms with van der Waals surface area (Å²) >= 11 is 0. The highest BCUT2D eigenvalue weighted by atomic mass is 16.1. The highest BCUT2D eigenvalue weighted by Gasteiger charge is 2.07. The van der Waals surface area contributed by atoms with Crippen LogP contribution in [0, 0.1) is 6.92 Å². The Labute approximate surface area is 118 Å². The normalized spacial score (nSPS) is 10.1. The Balaban J connectivity index is 2.02. The lowest BCUT2D eigenvalue weighted by molar-refractivity contribution is 0.102. The number of nitrogens with one attached hydrogen (secondary N) is 2. The molecule has 1 amide bonds. The van der Waals surface area contributed by atoms with Gasteiger partial charge in [-0.1, -0.05) is 6.92 Å². The lowest BCUT2D eigenvalue weighted by Crippen LogP contribution is -2.13. The fourth-order valence-electron chi connectivity index (χ4n) is 1.71. The topological polar surface area (TPSA) is 66.9 Å².